The van der Waals surface area contributed by atoms with E-state index < -0.39 is 20.1 Å². The Morgan fingerprint density at radius 3 is 2.18 bits per heavy atom. The third-order valence-corrected chi connectivity index (χ3v) is 10.8. The number of benzene rings is 4. The van der Waals surface area contributed by atoms with Crippen LogP contribution in [0.2, 0.25) is 0 Å². The van der Waals surface area contributed by atoms with Crippen LogP contribution in [0.25, 0.3) is 11.1 Å². The van der Waals surface area contributed by atoms with E-state index in [1.54, 1.807) is 6.21 Å². The summed E-state index contributed by atoms with van der Waals surface area (Å²) in [5, 5.41) is 0. The highest BCUT2D eigenvalue weighted by Gasteiger charge is 2.45. The van der Waals surface area contributed by atoms with Crippen molar-refractivity contribution >= 4 is 60.5 Å². The molecule has 6 rings (SSSR count). The molecule has 1 fully saturated rings. The second kappa shape index (κ2) is 13.7. The molecular formula is C35H31NO4P2S2+2. The number of hydrogen-bond acceptors (Lipinski definition) is 7. The Kier molecular flexibility index (Phi) is 9.53. The highest BCUT2D eigenvalue weighted by atomic mass is 32.4. The Morgan fingerprint density at radius 2 is 1.43 bits per heavy atom. The molecule has 4 atom stereocenters. The third-order valence-electron chi connectivity index (χ3n) is 7.29. The van der Waals surface area contributed by atoms with Gasteiger partial charge < -0.3 is 9.47 Å². The fraction of sp³-hybridized carbons (Fsp3) is 0.171. The van der Waals surface area contributed by atoms with Gasteiger partial charge in [-0.05, 0) is 47.0 Å². The first-order valence-corrected chi connectivity index (χ1v) is 18.9. The van der Waals surface area contributed by atoms with Gasteiger partial charge in [-0.3, -0.25) is 4.99 Å². The van der Waals surface area contributed by atoms with Crippen LogP contribution in [0.1, 0.15) is 30.5 Å². The van der Waals surface area contributed by atoms with E-state index >= 15 is 0 Å². The van der Waals surface area contributed by atoms with Gasteiger partial charge in [0.25, 0.3) is 18.8 Å². The molecule has 0 amide bonds. The summed E-state index contributed by atoms with van der Waals surface area (Å²) >= 11 is 11.3. The van der Waals surface area contributed by atoms with Gasteiger partial charge in [-0.2, -0.15) is 0 Å². The quantitative estimate of drug-likeness (QED) is 0.139. The molecule has 5 nitrogen and oxygen atoms in total. The minimum atomic E-state index is -1.40. The Balaban J connectivity index is 1.32. The highest BCUT2D eigenvalue weighted by molar-refractivity contribution is 8.07. The van der Waals surface area contributed by atoms with Crippen molar-refractivity contribution in [3.63, 3.8) is 0 Å². The largest absolute Gasteiger partial charge is 0.525 e. The van der Waals surface area contributed by atoms with Gasteiger partial charge in [0.1, 0.15) is 23.9 Å². The number of allylic oxidation sites excluding steroid dienone is 2. The summed E-state index contributed by atoms with van der Waals surface area (Å²) in [4.78, 5) is 4.87. The number of hydrogen-bond donors (Lipinski definition) is 0. The lowest BCUT2D eigenvalue weighted by molar-refractivity contribution is -0.118. The van der Waals surface area contributed by atoms with Crippen molar-refractivity contribution in [3.8, 4) is 11.5 Å². The van der Waals surface area contributed by atoms with Crippen molar-refractivity contribution < 1.29 is 18.5 Å². The van der Waals surface area contributed by atoms with Crippen LogP contribution in [0, 0.1) is 5.41 Å². The second-order valence-corrected chi connectivity index (χ2v) is 15.6. The Hall–Kier alpha value is -3.41. The van der Waals surface area contributed by atoms with Crippen molar-refractivity contribution in [2.75, 3.05) is 6.61 Å². The molecule has 4 unspecified atom stereocenters. The van der Waals surface area contributed by atoms with Crippen LogP contribution in [0.5, 0.6) is 11.5 Å². The lowest BCUT2D eigenvalue weighted by atomic mass is 9.94. The van der Waals surface area contributed by atoms with Crippen LogP contribution in [0.15, 0.2) is 126 Å². The standard InChI is InChI=1S/C35H31NO4P2S2/c1-35(2)24-37-42(44)40-34(35)39-30-19-11-9-17-27(30)23-36-29-18-10-12-20-31(29)38-33-32(26-15-7-4-8-16-26)28(21-22-41(33)43)25-13-5-3-6-14-25/h3-23,33-34H,24H2,1-2H3/q+2. The summed E-state index contributed by atoms with van der Waals surface area (Å²) in [6.45, 7) is 3.51. The van der Waals surface area contributed by atoms with E-state index in [2.05, 4.69) is 48.3 Å². The normalized spacial score (nSPS) is 21.4. The van der Waals surface area contributed by atoms with Gasteiger partial charge in [0.05, 0.1) is 11.0 Å². The van der Waals surface area contributed by atoms with Gasteiger partial charge >= 0.3 is 7.15 Å². The molecule has 1 saturated heterocycles. The zero-order chi connectivity index (χ0) is 30.5. The monoisotopic (exact) mass is 655 g/mol. The van der Waals surface area contributed by atoms with Crippen molar-refractivity contribution in [2.45, 2.75) is 26.0 Å². The van der Waals surface area contributed by atoms with E-state index in [0.717, 1.165) is 27.8 Å². The van der Waals surface area contributed by atoms with Crippen LogP contribution in [-0.4, -0.2) is 25.0 Å². The van der Waals surface area contributed by atoms with E-state index in [0.29, 0.717) is 23.8 Å². The molecule has 220 valence electrons. The van der Waals surface area contributed by atoms with Crippen LogP contribution in [0.3, 0.4) is 0 Å². The van der Waals surface area contributed by atoms with Crippen molar-refractivity contribution in [1.82, 2.24) is 0 Å². The number of nitrogens with zero attached hydrogens (tertiary/aromatic N) is 1. The van der Waals surface area contributed by atoms with Gasteiger partial charge in [-0.15, -0.1) is 4.52 Å². The number of para-hydroxylation sites is 3. The molecule has 0 saturated carbocycles. The van der Waals surface area contributed by atoms with E-state index in [9.17, 15) is 0 Å². The summed E-state index contributed by atoms with van der Waals surface area (Å²) < 4.78 is 24.6. The molecule has 0 spiro atoms. The van der Waals surface area contributed by atoms with E-state index in [1.807, 2.05) is 86.6 Å². The maximum Gasteiger partial charge on any atom is 0.525 e. The van der Waals surface area contributed by atoms with Gasteiger partial charge in [0.15, 0.2) is 17.6 Å². The lowest BCUT2D eigenvalue weighted by Crippen LogP contribution is -2.41. The average Bonchev–Trinajstić information content (AvgIpc) is 3.05. The number of rotatable bonds is 8. The van der Waals surface area contributed by atoms with E-state index in [4.69, 9.17) is 47.1 Å². The van der Waals surface area contributed by atoms with E-state index in [1.165, 1.54) is 0 Å². The summed E-state index contributed by atoms with van der Waals surface area (Å²) in [7, 11) is -1.40. The lowest BCUT2D eigenvalue weighted by Gasteiger charge is -2.31. The van der Waals surface area contributed by atoms with E-state index in [-0.39, 0.29) is 11.3 Å². The van der Waals surface area contributed by atoms with Gasteiger partial charge in [0.2, 0.25) is 11.8 Å². The van der Waals surface area contributed by atoms with Crippen molar-refractivity contribution in [3.05, 3.63) is 138 Å². The summed E-state index contributed by atoms with van der Waals surface area (Å²) in [5.41, 5.74) is 5.55. The minimum absolute atomic E-state index is 0.337. The zero-order valence-corrected chi connectivity index (χ0v) is 27.7. The van der Waals surface area contributed by atoms with Gasteiger partial charge in [-0.25, -0.2) is 0 Å². The molecule has 0 bridgehead atoms. The van der Waals surface area contributed by atoms with Crippen LogP contribution < -0.4 is 9.47 Å². The highest BCUT2D eigenvalue weighted by Crippen LogP contribution is 2.49. The first-order valence-electron chi connectivity index (χ1n) is 14.2. The molecule has 44 heavy (non-hydrogen) atoms. The number of ether oxygens (including phenoxy) is 2. The Labute approximate surface area is 270 Å². The maximum absolute atomic E-state index is 6.82. The average molecular weight is 656 g/mol. The molecule has 4 aromatic carbocycles. The zero-order valence-electron chi connectivity index (χ0n) is 24.3. The molecule has 2 heterocycles. The third kappa shape index (κ3) is 6.95. The van der Waals surface area contributed by atoms with Crippen LogP contribution in [0.4, 0.5) is 5.69 Å². The molecule has 0 radical (unpaired) electrons. The molecule has 0 aromatic heterocycles. The summed E-state index contributed by atoms with van der Waals surface area (Å²) in [6, 6.07) is 36.3. The topological polar surface area (TPSA) is 49.3 Å². The molecular weight excluding hydrogens is 624 g/mol. The smallest absolute Gasteiger partial charge is 0.459 e. The minimum Gasteiger partial charge on any atom is -0.459 e. The molecule has 0 aliphatic carbocycles. The van der Waals surface area contributed by atoms with Crippen LogP contribution >= 0.6 is 13.8 Å². The SMILES string of the molecule is CC1(C)CO[P+](=S)OC1Oc1ccccc1C=Nc1ccccc1OC1C(c2ccccc2)=C(c2ccccc2)C=C[P+]1=S. The molecule has 2 aliphatic rings. The maximum atomic E-state index is 6.82. The first kappa shape index (κ1) is 30.6. The fourth-order valence-electron chi connectivity index (χ4n) is 4.92. The van der Waals surface area contributed by atoms with Crippen LogP contribution in [-0.2, 0) is 32.7 Å². The van der Waals surface area contributed by atoms with Crippen molar-refractivity contribution in [2.24, 2.45) is 10.4 Å². The predicted molar refractivity (Wildman–Crippen MR) is 187 cm³/mol. The molecule has 9 heteroatoms. The summed E-state index contributed by atoms with van der Waals surface area (Å²) in [5.74, 6) is 3.08. The predicted octanol–water partition coefficient (Wildman–Crippen LogP) is 9.78. The Morgan fingerprint density at radius 1 is 0.795 bits per heavy atom. The second-order valence-electron chi connectivity index (χ2n) is 11.0. The first-order chi connectivity index (χ1) is 21.4. The van der Waals surface area contributed by atoms with Gasteiger partial charge in [0, 0.05) is 11.8 Å². The van der Waals surface area contributed by atoms with Crippen molar-refractivity contribution in [1.29, 1.82) is 0 Å². The fourth-order valence-corrected chi connectivity index (χ4v) is 8.14. The number of aliphatic imine (C=N–C) groups is 1. The summed E-state index contributed by atoms with van der Waals surface area (Å²) in [6.07, 6.45) is 3.41. The molecule has 0 N–H and O–H groups in total. The molecule has 2 aliphatic heterocycles. The Bertz CT molecular complexity index is 1770. The molecule has 4 aromatic rings. The van der Waals surface area contributed by atoms with Gasteiger partial charge in [-0.1, -0.05) is 103 Å².